The van der Waals surface area contributed by atoms with Crippen molar-refractivity contribution in [2.24, 2.45) is 0 Å². The molecule has 0 saturated heterocycles. The summed E-state index contributed by atoms with van der Waals surface area (Å²) in [5.41, 5.74) is 0. The van der Waals surface area contributed by atoms with Crippen LogP contribution in [0.15, 0.2) is 0 Å². The summed E-state index contributed by atoms with van der Waals surface area (Å²) < 4.78 is 0. The van der Waals surface area contributed by atoms with E-state index < -0.39 is 0 Å². The van der Waals surface area contributed by atoms with Gasteiger partial charge in [-0.25, -0.2) is 0 Å². The van der Waals surface area contributed by atoms with Crippen molar-refractivity contribution in [3.8, 4) is 0 Å². The van der Waals surface area contributed by atoms with E-state index in [1.165, 1.54) is 12.8 Å². The predicted molar refractivity (Wildman–Crippen MR) is 75.7 cm³/mol. The smallest absolute Gasteiger partial charge is 0.220 e. The van der Waals surface area contributed by atoms with E-state index in [0.29, 0.717) is 12.5 Å². The van der Waals surface area contributed by atoms with Gasteiger partial charge in [-0.3, -0.25) is 9.69 Å². The van der Waals surface area contributed by atoms with Crippen molar-refractivity contribution in [2.75, 3.05) is 26.2 Å². The Labute approximate surface area is 111 Å². The lowest BCUT2D eigenvalue weighted by Gasteiger charge is -2.19. The molecule has 1 amide bonds. The Morgan fingerprint density at radius 3 is 2.61 bits per heavy atom. The number of hydrogen-bond donors (Lipinski definition) is 2. The van der Waals surface area contributed by atoms with Crippen LogP contribution in [0.5, 0.6) is 0 Å². The number of rotatable bonds is 10. The molecule has 0 atom stereocenters. The molecule has 0 spiro atoms. The lowest BCUT2D eigenvalue weighted by molar-refractivity contribution is -0.121. The lowest BCUT2D eigenvalue weighted by Crippen LogP contribution is -2.36. The fraction of sp³-hybridized carbons (Fsp3) is 0.929. The molecule has 0 aromatic heterocycles. The summed E-state index contributed by atoms with van der Waals surface area (Å²) >= 11 is 0. The quantitative estimate of drug-likeness (QED) is 0.579. The first-order chi connectivity index (χ1) is 8.63. The molecule has 0 heterocycles. The van der Waals surface area contributed by atoms with Crippen LogP contribution in [0, 0.1) is 0 Å². The second kappa shape index (κ2) is 8.48. The summed E-state index contributed by atoms with van der Waals surface area (Å²) in [7, 11) is 0. The second-order valence-electron chi connectivity index (χ2n) is 5.42. The van der Waals surface area contributed by atoms with Crippen LogP contribution in [0.2, 0.25) is 0 Å². The second-order valence-corrected chi connectivity index (χ2v) is 5.42. The van der Waals surface area contributed by atoms with Crippen LogP contribution in [0.1, 0.15) is 46.5 Å². The van der Waals surface area contributed by atoms with Gasteiger partial charge < -0.3 is 10.6 Å². The topological polar surface area (TPSA) is 44.4 Å². The van der Waals surface area contributed by atoms with Crippen molar-refractivity contribution in [3.63, 3.8) is 0 Å². The Hall–Kier alpha value is -0.610. The Morgan fingerprint density at radius 2 is 2.06 bits per heavy atom. The van der Waals surface area contributed by atoms with E-state index in [-0.39, 0.29) is 5.91 Å². The van der Waals surface area contributed by atoms with Crippen molar-refractivity contribution in [1.29, 1.82) is 0 Å². The van der Waals surface area contributed by atoms with Gasteiger partial charge in [-0.15, -0.1) is 0 Å². The monoisotopic (exact) mass is 255 g/mol. The van der Waals surface area contributed by atoms with Gasteiger partial charge in [-0.1, -0.05) is 20.8 Å². The standard InChI is InChI=1S/C14H29N3O/c1-4-17(13-7-8-13)11-10-16-14(18)6-5-9-15-12(2)3/h12-13,15H,4-11H2,1-3H3,(H,16,18). The Morgan fingerprint density at radius 1 is 1.33 bits per heavy atom. The van der Waals surface area contributed by atoms with E-state index in [4.69, 9.17) is 0 Å². The minimum atomic E-state index is 0.187. The van der Waals surface area contributed by atoms with E-state index in [0.717, 1.165) is 38.6 Å². The van der Waals surface area contributed by atoms with Gasteiger partial charge in [0, 0.05) is 31.6 Å². The molecule has 0 aromatic carbocycles. The average molecular weight is 255 g/mol. The third kappa shape index (κ3) is 6.97. The summed E-state index contributed by atoms with van der Waals surface area (Å²) in [6, 6.07) is 1.30. The predicted octanol–water partition coefficient (Wildman–Crippen LogP) is 1.37. The van der Waals surface area contributed by atoms with Crippen molar-refractivity contribution >= 4 is 5.91 Å². The van der Waals surface area contributed by atoms with Crippen molar-refractivity contribution in [2.45, 2.75) is 58.5 Å². The number of likely N-dealkylation sites (N-methyl/N-ethyl adjacent to an activating group) is 1. The summed E-state index contributed by atoms with van der Waals surface area (Å²) in [5.74, 6) is 0.187. The Bertz CT molecular complexity index is 239. The molecule has 0 bridgehead atoms. The fourth-order valence-corrected chi connectivity index (χ4v) is 2.11. The molecular formula is C14H29N3O. The minimum absolute atomic E-state index is 0.187. The van der Waals surface area contributed by atoms with E-state index in [9.17, 15) is 4.79 Å². The molecule has 1 fully saturated rings. The molecular weight excluding hydrogens is 226 g/mol. The molecule has 1 rings (SSSR count). The summed E-state index contributed by atoms with van der Waals surface area (Å²) in [4.78, 5) is 14.0. The molecule has 4 nitrogen and oxygen atoms in total. The molecule has 0 aromatic rings. The van der Waals surface area contributed by atoms with Crippen LogP contribution in [-0.4, -0.2) is 49.1 Å². The molecule has 0 unspecified atom stereocenters. The lowest BCUT2D eigenvalue weighted by atomic mass is 10.2. The highest BCUT2D eigenvalue weighted by Crippen LogP contribution is 2.25. The maximum Gasteiger partial charge on any atom is 0.220 e. The van der Waals surface area contributed by atoms with E-state index in [1.807, 2.05) is 0 Å². The SMILES string of the molecule is CCN(CCNC(=O)CCCNC(C)C)C1CC1. The number of nitrogens with zero attached hydrogens (tertiary/aromatic N) is 1. The molecule has 1 aliphatic carbocycles. The van der Waals surface area contributed by atoms with E-state index in [2.05, 4.69) is 36.3 Å². The van der Waals surface area contributed by atoms with Crippen LogP contribution >= 0.6 is 0 Å². The molecule has 106 valence electrons. The van der Waals surface area contributed by atoms with Crippen LogP contribution in [0.4, 0.5) is 0 Å². The van der Waals surface area contributed by atoms with Crippen LogP contribution in [0.25, 0.3) is 0 Å². The molecule has 1 aliphatic rings. The van der Waals surface area contributed by atoms with Crippen molar-refractivity contribution in [3.05, 3.63) is 0 Å². The highest BCUT2D eigenvalue weighted by atomic mass is 16.1. The zero-order valence-corrected chi connectivity index (χ0v) is 12.2. The third-order valence-electron chi connectivity index (χ3n) is 3.32. The maximum absolute atomic E-state index is 11.6. The number of carbonyl (C=O) groups excluding carboxylic acids is 1. The van der Waals surface area contributed by atoms with Crippen molar-refractivity contribution < 1.29 is 4.79 Å². The molecule has 4 heteroatoms. The zero-order valence-electron chi connectivity index (χ0n) is 12.2. The number of carbonyl (C=O) groups is 1. The minimum Gasteiger partial charge on any atom is -0.355 e. The number of amides is 1. The molecule has 0 aliphatic heterocycles. The van der Waals surface area contributed by atoms with Gasteiger partial charge >= 0.3 is 0 Å². The van der Waals surface area contributed by atoms with Crippen LogP contribution < -0.4 is 10.6 Å². The number of nitrogens with one attached hydrogen (secondary N) is 2. The Balaban J connectivity index is 1.95. The normalized spacial score (nSPS) is 15.4. The van der Waals surface area contributed by atoms with Gasteiger partial charge in [0.1, 0.15) is 0 Å². The average Bonchev–Trinajstić information content (AvgIpc) is 3.14. The van der Waals surface area contributed by atoms with Crippen molar-refractivity contribution in [1.82, 2.24) is 15.5 Å². The highest BCUT2D eigenvalue weighted by Gasteiger charge is 2.27. The van der Waals surface area contributed by atoms with E-state index >= 15 is 0 Å². The molecule has 1 saturated carbocycles. The zero-order chi connectivity index (χ0) is 13.4. The first kappa shape index (κ1) is 15.4. The van der Waals surface area contributed by atoms with Crippen LogP contribution in [-0.2, 0) is 4.79 Å². The summed E-state index contributed by atoms with van der Waals surface area (Å²) in [6.07, 6.45) is 4.23. The third-order valence-corrected chi connectivity index (χ3v) is 3.32. The van der Waals surface area contributed by atoms with Gasteiger partial charge in [0.2, 0.25) is 5.91 Å². The summed E-state index contributed by atoms with van der Waals surface area (Å²) in [6.45, 7) is 10.2. The van der Waals surface area contributed by atoms with E-state index in [1.54, 1.807) is 0 Å². The van der Waals surface area contributed by atoms with Crippen LogP contribution in [0.3, 0.4) is 0 Å². The molecule has 18 heavy (non-hydrogen) atoms. The van der Waals surface area contributed by atoms with Gasteiger partial charge in [-0.2, -0.15) is 0 Å². The first-order valence-corrected chi connectivity index (χ1v) is 7.37. The molecule has 2 N–H and O–H groups in total. The Kier molecular flexibility index (Phi) is 7.28. The number of hydrogen-bond acceptors (Lipinski definition) is 3. The maximum atomic E-state index is 11.6. The van der Waals surface area contributed by atoms with Gasteiger partial charge in [0.15, 0.2) is 0 Å². The highest BCUT2D eigenvalue weighted by molar-refractivity contribution is 5.75. The largest absolute Gasteiger partial charge is 0.355 e. The first-order valence-electron chi connectivity index (χ1n) is 7.37. The molecule has 0 radical (unpaired) electrons. The van der Waals surface area contributed by atoms with Gasteiger partial charge in [0.25, 0.3) is 0 Å². The fourth-order valence-electron chi connectivity index (χ4n) is 2.11. The van der Waals surface area contributed by atoms with Gasteiger partial charge in [-0.05, 0) is 32.4 Å². The summed E-state index contributed by atoms with van der Waals surface area (Å²) in [5, 5.41) is 6.33. The van der Waals surface area contributed by atoms with Gasteiger partial charge in [0.05, 0.1) is 0 Å².